The lowest BCUT2D eigenvalue weighted by Gasteiger charge is -2.36. The first-order valence-electron chi connectivity index (χ1n) is 15.4. The van der Waals surface area contributed by atoms with Crippen molar-refractivity contribution in [2.75, 3.05) is 38.7 Å². The van der Waals surface area contributed by atoms with Crippen LogP contribution in [-0.2, 0) is 4.79 Å². The Labute approximate surface area is 296 Å². The molecule has 2 aromatic carbocycles. The third-order valence-corrected chi connectivity index (χ3v) is 11.2. The van der Waals surface area contributed by atoms with E-state index in [0.29, 0.717) is 75.7 Å². The van der Waals surface area contributed by atoms with Crippen LogP contribution in [0.15, 0.2) is 48.8 Å². The van der Waals surface area contributed by atoms with E-state index >= 15 is 0 Å². The Morgan fingerprint density at radius 2 is 1.85 bits per heavy atom. The van der Waals surface area contributed by atoms with Crippen LogP contribution in [0.3, 0.4) is 0 Å². The fourth-order valence-electron chi connectivity index (χ4n) is 6.46. The van der Waals surface area contributed by atoms with Crippen LogP contribution in [0.4, 0.5) is 11.5 Å². The molecule has 7 rings (SSSR count). The standard InChI is InChI=1S/C33H31Cl3N8O3S/c1-18-4-5-21(41(2)27-6-10-37-33(38-27)47-3)16-22(18)24-17-44(40-39-24)25-9-13-43(31(25)45)20-7-11-42(12-8-20)32(46)30-29(36)28-23(35)14-19(34)15-26(28)48-30/h4-6,10,14-17,20,25H,7-9,11-13H2,1-3H3. The highest BCUT2D eigenvalue weighted by atomic mass is 35.5. The monoisotopic (exact) mass is 724 g/mol. The van der Waals surface area contributed by atoms with Crippen LogP contribution >= 0.6 is 46.1 Å². The Morgan fingerprint density at radius 1 is 1.06 bits per heavy atom. The van der Waals surface area contributed by atoms with Crippen molar-refractivity contribution in [1.29, 1.82) is 0 Å². The van der Waals surface area contributed by atoms with Crippen LogP contribution in [0.5, 0.6) is 6.01 Å². The first-order valence-corrected chi connectivity index (χ1v) is 17.4. The van der Waals surface area contributed by atoms with Gasteiger partial charge in [-0.2, -0.15) is 4.98 Å². The van der Waals surface area contributed by atoms with Crippen molar-refractivity contribution in [1.82, 2.24) is 34.8 Å². The Hall–Kier alpha value is -3.97. The van der Waals surface area contributed by atoms with Gasteiger partial charge in [0.05, 0.1) is 23.4 Å². The summed E-state index contributed by atoms with van der Waals surface area (Å²) < 4.78 is 7.64. The van der Waals surface area contributed by atoms with Gasteiger partial charge in [-0.1, -0.05) is 46.1 Å². The second kappa shape index (κ2) is 13.1. The van der Waals surface area contributed by atoms with Crippen molar-refractivity contribution in [3.05, 3.63) is 74.3 Å². The molecule has 2 saturated heterocycles. The fraction of sp³-hybridized carbons (Fsp3) is 0.333. The molecule has 15 heteroatoms. The lowest BCUT2D eigenvalue weighted by atomic mass is 10.0. The summed E-state index contributed by atoms with van der Waals surface area (Å²) in [6.45, 7) is 3.69. The van der Waals surface area contributed by atoms with E-state index in [0.717, 1.165) is 21.5 Å². The SMILES string of the molecule is COc1nccc(N(C)c2ccc(C)c(-c3cn(C4CCN(C5CCN(C(=O)c6sc7cc(Cl)cc(Cl)c7c6Cl)CC5)C4=O)nn3)c2)n1. The highest BCUT2D eigenvalue weighted by molar-refractivity contribution is 7.21. The first kappa shape index (κ1) is 32.6. The van der Waals surface area contributed by atoms with Gasteiger partial charge in [0.2, 0.25) is 5.91 Å². The van der Waals surface area contributed by atoms with Crippen LogP contribution in [-0.4, -0.2) is 86.4 Å². The zero-order valence-corrected chi connectivity index (χ0v) is 29.4. The Balaban J connectivity index is 1.01. The highest BCUT2D eigenvalue weighted by Crippen LogP contribution is 2.42. The minimum absolute atomic E-state index is 0.0261. The minimum Gasteiger partial charge on any atom is -0.467 e. The Bertz CT molecular complexity index is 2040. The molecule has 0 saturated carbocycles. The molecule has 2 amide bonds. The number of hydrogen-bond donors (Lipinski definition) is 0. The number of likely N-dealkylation sites (tertiary alicyclic amines) is 2. The number of carbonyl (C=O) groups excluding carboxylic acids is 2. The van der Waals surface area contributed by atoms with Crippen molar-refractivity contribution in [3.63, 3.8) is 0 Å². The number of ether oxygens (including phenoxy) is 1. The summed E-state index contributed by atoms with van der Waals surface area (Å²) in [7, 11) is 3.45. The molecule has 3 aromatic heterocycles. The van der Waals surface area contributed by atoms with E-state index in [4.69, 9.17) is 39.5 Å². The van der Waals surface area contributed by atoms with Gasteiger partial charge < -0.3 is 19.4 Å². The molecule has 1 atom stereocenters. The molecule has 0 N–H and O–H groups in total. The molecule has 1 unspecified atom stereocenters. The molecule has 248 valence electrons. The molecule has 0 spiro atoms. The van der Waals surface area contributed by atoms with E-state index in [1.54, 1.807) is 27.9 Å². The summed E-state index contributed by atoms with van der Waals surface area (Å²) in [5.41, 5.74) is 3.53. The number of hydrogen-bond acceptors (Lipinski definition) is 9. The van der Waals surface area contributed by atoms with Gasteiger partial charge >= 0.3 is 6.01 Å². The van der Waals surface area contributed by atoms with Crippen LogP contribution in [0.1, 0.15) is 40.5 Å². The van der Waals surface area contributed by atoms with Crippen LogP contribution in [0, 0.1) is 6.92 Å². The number of amides is 2. The van der Waals surface area contributed by atoms with Gasteiger partial charge in [-0.05, 0) is 62.1 Å². The highest BCUT2D eigenvalue weighted by Gasteiger charge is 2.39. The maximum absolute atomic E-state index is 13.7. The van der Waals surface area contributed by atoms with Crippen LogP contribution in [0.2, 0.25) is 15.1 Å². The van der Waals surface area contributed by atoms with Crippen LogP contribution < -0.4 is 9.64 Å². The number of halogens is 3. The van der Waals surface area contributed by atoms with E-state index in [1.807, 2.05) is 54.2 Å². The summed E-state index contributed by atoms with van der Waals surface area (Å²) in [6.07, 6.45) is 5.50. The summed E-state index contributed by atoms with van der Waals surface area (Å²) in [4.78, 5) is 41.8. The number of nitrogens with zero attached hydrogens (tertiary/aromatic N) is 8. The molecule has 48 heavy (non-hydrogen) atoms. The van der Waals surface area contributed by atoms with Gasteiger partial charge in [-0.3, -0.25) is 9.59 Å². The van der Waals surface area contributed by atoms with Crippen molar-refractivity contribution in [2.24, 2.45) is 0 Å². The number of benzene rings is 2. The number of anilines is 2. The van der Waals surface area contributed by atoms with Gasteiger partial charge in [-0.15, -0.1) is 16.4 Å². The van der Waals surface area contributed by atoms with Gasteiger partial charge in [0.15, 0.2) is 0 Å². The number of methoxy groups -OCH3 is 1. The normalized spacial score (nSPS) is 17.0. The zero-order valence-electron chi connectivity index (χ0n) is 26.4. The largest absolute Gasteiger partial charge is 0.467 e. The first-order chi connectivity index (χ1) is 23.1. The van der Waals surface area contributed by atoms with E-state index < -0.39 is 6.04 Å². The van der Waals surface area contributed by atoms with Crippen molar-refractivity contribution >= 4 is 79.5 Å². The molecule has 2 aliphatic heterocycles. The number of piperidine rings is 1. The topological polar surface area (TPSA) is 110 Å². The lowest BCUT2D eigenvalue weighted by Crippen LogP contribution is -2.47. The number of rotatable bonds is 7. The maximum Gasteiger partial charge on any atom is 0.318 e. The predicted molar refractivity (Wildman–Crippen MR) is 188 cm³/mol. The van der Waals surface area contributed by atoms with E-state index in [9.17, 15) is 9.59 Å². The summed E-state index contributed by atoms with van der Waals surface area (Å²) in [5.74, 6) is 0.583. The Kier molecular flexibility index (Phi) is 8.92. The molecule has 0 bridgehead atoms. The van der Waals surface area contributed by atoms with Gasteiger partial charge in [0, 0.05) is 65.3 Å². The molecule has 5 heterocycles. The molecule has 5 aromatic rings. The number of thiophene rings is 1. The molecule has 2 fully saturated rings. The van der Waals surface area contributed by atoms with Crippen molar-refractivity contribution in [3.8, 4) is 17.3 Å². The van der Waals surface area contributed by atoms with Gasteiger partial charge in [-0.25, -0.2) is 9.67 Å². The molecule has 11 nitrogen and oxygen atoms in total. The summed E-state index contributed by atoms with van der Waals surface area (Å²) >= 11 is 20.5. The number of aryl methyl sites for hydroxylation is 1. The lowest BCUT2D eigenvalue weighted by molar-refractivity contribution is -0.133. The maximum atomic E-state index is 13.7. The molecular weight excluding hydrogens is 695 g/mol. The van der Waals surface area contributed by atoms with E-state index in [-0.39, 0.29) is 23.9 Å². The molecule has 0 radical (unpaired) electrons. The fourth-order valence-corrected chi connectivity index (χ4v) is 8.81. The average Bonchev–Trinajstić information content (AvgIpc) is 3.81. The smallest absolute Gasteiger partial charge is 0.318 e. The third kappa shape index (κ3) is 5.95. The molecule has 0 aliphatic carbocycles. The second-order valence-corrected chi connectivity index (χ2v) is 14.2. The van der Waals surface area contributed by atoms with Gasteiger partial charge in [0.25, 0.3) is 5.91 Å². The second-order valence-electron chi connectivity index (χ2n) is 11.9. The van der Waals surface area contributed by atoms with Crippen LogP contribution in [0.25, 0.3) is 21.3 Å². The Morgan fingerprint density at radius 3 is 2.62 bits per heavy atom. The number of aromatic nitrogens is 5. The van der Waals surface area contributed by atoms with Crippen molar-refractivity contribution in [2.45, 2.75) is 38.3 Å². The molecular formula is C33H31Cl3N8O3S. The van der Waals surface area contributed by atoms with Gasteiger partial charge in [0.1, 0.15) is 22.4 Å². The van der Waals surface area contributed by atoms with E-state index in [2.05, 4.69) is 20.3 Å². The minimum atomic E-state index is -0.431. The number of carbonyl (C=O) groups is 2. The predicted octanol–water partition coefficient (Wildman–Crippen LogP) is 7.07. The van der Waals surface area contributed by atoms with E-state index in [1.165, 1.54) is 18.4 Å². The summed E-state index contributed by atoms with van der Waals surface area (Å²) in [5, 5.41) is 10.8. The number of fused-ring (bicyclic) bond motifs is 1. The summed E-state index contributed by atoms with van der Waals surface area (Å²) in [6, 6.07) is 11.2. The van der Waals surface area contributed by atoms with Crippen molar-refractivity contribution < 1.29 is 14.3 Å². The average molecular weight is 726 g/mol. The third-order valence-electron chi connectivity index (χ3n) is 9.11. The zero-order chi connectivity index (χ0) is 33.7. The molecule has 2 aliphatic rings. The quantitative estimate of drug-likeness (QED) is 0.175.